The first-order chi connectivity index (χ1) is 6.63. The first kappa shape index (κ1) is 11.3. The summed E-state index contributed by atoms with van der Waals surface area (Å²) in [6.45, 7) is 3.04. The average Bonchev–Trinajstić information content (AvgIpc) is 2.17. The van der Waals surface area contributed by atoms with Gasteiger partial charge in [-0.3, -0.25) is 0 Å². The van der Waals surface area contributed by atoms with Gasteiger partial charge in [0.2, 0.25) is 0 Å². The van der Waals surface area contributed by atoms with Crippen molar-refractivity contribution in [3.8, 4) is 5.75 Å². The zero-order valence-corrected chi connectivity index (χ0v) is 10.3. The van der Waals surface area contributed by atoms with Gasteiger partial charge in [0.25, 0.3) is 0 Å². The summed E-state index contributed by atoms with van der Waals surface area (Å²) in [6.07, 6.45) is 1.73. The maximum atomic E-state index is 5.04. The van der Waals surface area contributed by atoms with Gasteiger partial charge in [-0.05, 0) is 12.1 Å². The van der Waals surface area contributed by atoms with Crippen LogP contribution in [0.3, 0.4) is 0 Å². The maximum Gasteiger partial charge on any atom is 0.137 e. The summed E-state index contributed by atoms with van der Waals surface area (Å²) in [6, 6.07) is 3.87. The van der Waals surface area contributed by atoms with Crippen molar-refractivity contribution < 1.29 is 4.74 Å². The van der Waals surface area contributed by atoms with E-state index in [0.29, 0.717) is 4.83 Å². The van der Waals surface area contributed by atoms with Crippen molar-refractivity contribution in [3.05, 3.63) is 18.3 Å². The van der Waals surface area contributed by atoms with E-state index in [0.717, 1.165) is 18.1 Å². The predicted octanol–water partition coefficient (Wildman–Crippen LogP) is 2.31. The van der Waals surface area contributed by atoms with Crippen LogP contribution in [0.4, 0.5) is 5.82 Å². The van der Waals surface area contributed by atoms with Crippen molar-refractivity contribution in [1.82, 2.24) is 4.98 Å². The third-order valence-electron chi connectivity index (χ3n) is 1.87. The molecule has 0 radical (unpaired) electrons. The number of aromatic nitrogens is 1. The molecular formula is C10H15BrN2O. The van der Waals surface area contributed by atoms with Crippen molar-refractivity contribution in [2.75, 3.05) is 25.6 Å². The van der Waals surface area contributed by atoms with Crippen LogP contribution in [0.15, 0.2) is 18.3 Å². The number of ether oxygens (including phenoxy) is 1. The van der Waals surface area contributed by atoms with Crippen molar-refractivity contribution in [2.45, 2.75) is 11.8 Å². The van der Waals surface area contributed by atoms with Gasteiger partial charge in [-0.2, -0.15) is 0 Å². The number of hydrogen-bond acceptors (Lipinski definition) is 3. The van der Waals surface area contributed by atoms with Crippen molar-refractivity contribution in [1.29, 1.82) is 0 Å². The lowest BCUT2D eigenvalue weighted by molar-refractivity contribution is 0.413. The molecule has 0 fully saturated rings. The molecule has 78 valence electrons. The number of hydrogen-bond donors (Lipinski definition) is 0. The fourth-order valence-electron chi connectivity index (χ4n) is 1.19. The number of nitrogens with zero attached hydrogens (tertiary/aromatic N) is 2. The molecule has 1 heterocycles. The molecule has 0 bridgehead atoms. The number of pyridine rings is 1. The Labute approximate surface area is 93.2 Å². The second-order valence-electron chi connectivity index (χ2n) is 3.22. The van der Waals surface area contributed by atoms with E-state index in [-0.39, 0.29) is 0 Å². The lowest BCUT2D eigenvalue weighted by Crippen LogP contribution is -2.24. The Bertz CT molecular complexity index is 274. The summed E-state index contributed by atoms with van der Waals surface area (Å²) in [4.78, 5) is 6.83. The van der Waals surface area contributed by atoms with Gasteiger partial charge < -0.3 is 9.64 Å². The highest BCUT2D eigenvalue weighted by molar-refractivity contribution is 9.09. The number of anilines is 1. The van der Waals surface area contributed by atoms with E-state index in [4.69, 9.17) is 4.74 Å². The Hall–Kier alpha value is -0.770. The van der Waals surface area contributed by atoms with Crippen LogP contribution in [-0.2, 0) is 0 Å². The van der Waals surface area contributed by atoms with Gasteiger partial charge in [-0.1, -0.05) is 22.9 Å². The van der Waals surface area contributed by atoms with Gasteiger partial charge in [-0.15, -0.1) is 0 Å². The van der Waals surface area contributed by atoms with Crippen LogP contribution >= 0.6 is 15.9 Å². The zero-order valence-electron chi connectivity index (χ0n) is 8.70. The molecule has 0 spiro atoms. The quantitative estimate of drug-likeness (QED) is 0.776. The smallest absolute Gasteiger partial charge is 0.137 e. The van der Waals surface area contributed by atoms with Crippen LogP contribution in [-0.4, -0.2) is 30.5 Å². The van der Waals surface area contributed by atoms with Crippen molar-refractivity contribution in [3.63, 3.8) is 0 Å². The van der Waals surface area contributed by atoms with Gasteiger partial charge in [0, 0.05) is 18.4 Å². The molecule has 14 heavy (non-hydrogen) atoms. The normalized spacial score (nSPS) is 12.3. The molecule has 0 aliphatic carbocycles. The molecule has 0 aliphatic heterocycles. The van der Waals surface area contributed by atoms with Gasteiger partial charge in [0.1, 0.15) is 11.6 Å². The SMILES string of the molecule is COc1ccc(N(C)CC(C)Br)nc1. The zero-order chi connectivity index (χ0) is 10.6. The van der Waals surface area contributed by atoms with Crippen LogP contribution < -0.4 is 9.64 Å². The molecule has 0 aromatic carbocycles. The summed E-state index contributed by atoms with van der Waals surface area (Å²) < 4.78 is 5.04. The lowest BCUT2D eigenvalue weighted by Gasteiger charge is -2.19. The molecule has 4 heteroatoms. The Balaban J connectivity index is 2.66. The van der Waals surface area contributed by atoms with E-state index >= 15 is 0 Å². The van der Waals surface area contributed by atoms with E-state index in [2.05, 4.69) is 32.7 Å². The van der Waals surface area contributed by atoms with Crippen LogP contribution in [0.5, 0.6) is 5.75 Å². The highest BCUT2D eigenvalue weighted by Crippen LogP contribution is 2.15. The van der Waals surface area contributed by atoms with Crippen molar-refractivity contribution >= 4 is 21.7 Å². The number of rotatable bonds is 4. The fourth-order valence-corrected chi connectivity index (χ4v) is 1.62. The second-order valence-corrected chi connectivity index (χ2v) is 4.78. The summed E-state index contributed by atoms with van der Waals surface area (Å²) in [5, 5.41) is 0. The van der Waals surface area contributed by atoms with Gasteiger partial charge >= 0.3 is 0 Å². The monoisotopic (exact) mass is 258 g/mol. The highest BCUT2D eigenvalue weighted by atomic mass is 79.9. The van der Waals surface area contributed by atoms with Crippen LogP contribution in [0, 0.1) is 0 Å². The van der Waals surface area contributed by atoms with Gasteiger partial charge in [0.05, 0.1) is 13.3 Å². The third-order valence-corrected chi connectivity index (χ3v) is 2.16. The summed E-state index contributed by atoms with van der Waals surface area (Å²) >= 11 is 3.51. The Morgan fingerprint density at radius 3 is 2.71 bits per heavy atom. The number of methoxy groups -OCH3 is 1. The lowest BCUT2D eigenvalue weighted by atomic mass is 10.4. The molecule has 1 aromatic rings. The number of alkyl halides is 1. The van der Waals surface area contributed by atoms with Gasteiger partial charge in [0.15, 0.2) is 0 Å². The molecule has 3 nitrogen and oxygen atoms in total. The topological polar surface area (TPSA) is 25.4 Å². The van der Waals surface area contributed by atoms with Crippen LogP contribution in [0.25, 0.3) is 0 Å². The minimum Gasteiger partial charge on any atom is -0.495 e. The first-order valence-electron chi connectivity index (χ1n) is 4.48. The molecular weight excluding hydrogens is 244 g/mol. The standard InChI is InChI=1S/C10H15BrN2O/c1-8(11)7-13(2)10-5-4-9(14-3)6-12-10/h4-6,8H,7H2,1-3H3. The van der Waals surface area contributed by atoms with E-state index in [1.54, 1.807) is 13.3 Å². The largest absolute Gasteiger partial charge is 0.495 e. The van der Waals surface area contributed by atoms with E-state index in [9.17, 15) is 0 Å². The Morgan fingerprint density at radius 1 is 1.57 bits per heavy atom. The van der Waals surface area contributed by atoms with E-state index < -0.39 is 0 Å². The first-order valence-corrected chi connectivity index (χ1v) is 5.40. The van der Waals surface area contributed by atoms with E-state index in [1.165, 1.54) is 0 Å². The highest BCUT2D eigenvalue weighted by Gasteiger charge is 2.05. The summed E-state index contributed by atoms with van der Waals surface area (Å²) in [5.41, 5.74) is 0. The van der Waals surface area contributed by atoms with Gasteiger partial charge in [-0.25, -0.2) is 4.98 Å². The van der Waals surface area contributed by atoms with Crippen LogP contribution in [0.1, 0.15) is 6.92 Å². The van der Waals surface area contributed by atoms with E-state index in [1.807, 2.05) is 19.2 Å². The predicted molar refractivity (Wildman–Crippen MR) is 62.4 cm³/mol. The summed E-state index contributed by atoms with van der Waals surface area (Å²) in [5.74, 6) is 1.74. The number of halogens is 1. The Morgan fingerprint density at radius 2 is 2.29 bits per heavy atom. The van der Waals surface area contributed by atoms with Crippen molar-refractivity contribution in [2.24, 2.45) is 0 Å². The summed E-state index contributed by atoms with van der Waals surface area (Å²) in [7, 11) is 3.66. The Kier molecular flexibility index (Phi) is 4.20. The minimum atomic E-state index is 0.455. The van der Waals surface area contributed by atoms with Crippen LogP contribution in [0.2, 0.25) is 0 Å². The second kappa shape index (κ2) is 5.20. The molecule has 1 unspecified atom stereocenters. The molecule has 0 N–H and O–H groups in total. The molecule has 1 aromatic heterocycles. The molecule has 1 atom stereocenters. The third kappa shape index (κ3) is 3.18. The maximum absolute atomic E-state index is 5.04. The fraction of sp³-hybridized carbons (Fsp3) is 0.500. The minimum absolute atomic E-state index is 0.455. The molecule has 0 saturated carbocycles. The average molecular weight is 259 g/mol. The molecule has 0 saturated heterocycles. The molecule has 0 aliphatic rings. The molecule has 0 amide bonds. The molecule has 1 rings (SSSR count).